The fourth-order valence-corrected chi connectivity index (χ4v) is 1.84. The molecule has 2 rings (SSSR count). The number of anilines is 2. The van der Waals surface area contributed by atoms with E-state index in [1.54, 1.807) is 6.20 Å². The fraction of sp³-hybridized carbons (Fsp3) is 0.444. The Balaban J connectivity index is 2.03. The van der Waals surface area contributed by atoms with Crippen molar-refractivity contribution in [3.63, 3.8) is 0 Å². The van der Waals surface area contributed by atoms with Crippen LogP contribution in [0.5, 0.6) is 0 Å². The van der Waals surface area contributed by atoms with Gasteiger partial charge in [-0.25, -0.2) is 4.98 Å². The molecule has 4 N–H and O–H groups in total. The number of hydrogen-bond acceptors (Lipinski definition) is 5. The second-order valence-corrected chi connectivity index (χ2v) is 4.46. The van der Waals surface area contributed by atoms with E-state index in [0.717, 1.165) is 10.9 Å². The monoisotopic (exact) mass is 285 g/mol. The van der Waals surface area contributed by atoms with Crippen LogP contribution < -0.4 is 16.4 Å². The van der Waals surface area contributed by atoms with Crippen LogP contribution in [0.1, 0.15) is 12.8 Å². The van der Waals surface area contributed by atoms with Gasteiger partial charge in [0.05, 0.1) is 4.47 Å². The zero-order valence-electron chi connectivity index (χ0n) is 8.53. The van der Waals surface area contributed by atoms with E-state index in [1.165, 1.54) is 0 Å². The van der Waals surface area contributed by atoms with E-state index >= 15 is 0 Å². The molecule has 0 radical (unpaired) electrons. The largest absolute Gasteiger partial charge is 0.368 e. The number of nitrogens with two attached hydrogens (primary N) is 1. The van der Waals surface area contributed by atoms with Gasteiger partial charge in [-0.05, 0) is 22.4 Å². The summed E-state index contributed by atoms with van der Waals surface area (Å²) in [6, 6.07) is 0.184. The molecular weight excluding hydrogens is 274 g/mol. The van der Waals surface area contributed by atoms with Crippen molar-refractivity contribution in [3.8, 4) is 0 Å². The molecule has 0 bridgehead atoms. The summed E-state index contributed by atoms with van der Waals surface area (Å²) in [4.78, 5) is 18.9. The number of halogens is 1. The number of nitrogens with one attached hydrogen (secondary N) is 2. The Hall–Kier alpha value is -1.37. The molecule has 1 aromatic rings. The summed E-state index contributed by atoms with van der Waals surface area (Å²) in [6.07, 6.45) is 2.93. The predicted octanol–water partition coefficient (Wildman–Crippen LogP) is 0.512. The lowest BCUT2D eigenvalue weighted by Gasteiger charge is -2.24. The molecule has 1 unspecified atom stereocenters. The molecule has 0 aliphatic carbocycles. The molecule has 1 fully saturated rings. The number of carbonyl (C=O) groups is 1. The van der Waals surface area contributed by atoms with Crippen molar-refractivity contribution in [1.29, 1.82) is 0 Å². The van der Waals surface area contributed by atoms with Crippen LogP contribution in [0.15, 0.2) is 10.7 Å². The number of aromatic nitrogens is 2. The van der Waals surface area contributed by atoms with Gasteiger partial charge in [-0.2, -0.15) is 4.98 Å². The Labute approximate surface area is 101 Å². The molecule has 1 atom stereocenters. The average molecular weight is 286 g/mol. The predicted molar refractivity (Wildman–Crippen MR) is 63.8 cm³/mol. The van der Waals surface area contributed by atoms with Crippen LogP contribution in [0.2, 0.25) is 0 Å². The first-order valence-corrected chi connectivity index (χ1v) is 5.75. The van der Waals surface area contributed by atoms with Crippen molar-refractivity contribution >= 4 is 33.6 Å². The van der Waals surface area contributed by atoms with E-state index in [1.807, 2.05) is 0 Å². The number of nitrogens with zero attached hydrogens (tertiary/aromatic N) is 2. The number of carbonyl (C=O) groups excluding carboxylic acids is 1. The van der Waals surface area contributed by atoms with E-state index in [9.17, 15) is 4.79 Å². The molecule has 0 spiro atoms. The zero-order chi connectivity index (χ0) is 11.5. The van der Waals surface area contributed by atoms with Gasteiger partial charge in [0.25, 0.3) is 0 Å². The van der Waals surface area contributed by atoms with Crippen LogP contribution >= 0.6 is 15.9 Å². The van der Waals surface area contributed by atoms with Crippen molar-refractivity contribution in [1.82, 2.24) is 15.3 Å². The second kappa shape index (κ2) is 4.65. The van der Waals surface area contributed by atoms with Gasteiger partial charge in [0.2, 0.25) is 11.9 Å². The average Bonchev–Trinajstić information content (AvgIpc) is 2.27. The molecule has 1 saturated heterocycles. The van der Waals surface area contributed by atoms with Crippen LogP contribution in [0.25, 0.3) is 0 Å². The van der Waals surface area contributed by atoms with Gasteiger partial charge in [-0.3, -0.25) is 4.79 Å². The highest BCUT2D eigenvalue weighted by Crippen LogP contribution is 2.21. The SMILES string of the molecule is Nc1ncc(Br)c(NC2CCC(=O)NC2)n1. The van der Waals surface area contributed by atoms with Crippen molar-refractivity contribution in [3.05, 3.63) is 10.7 Å². The lowest BCUT2D eigenvalue weighted by molar-refractivity contribution is -0.122. The topological polar surface area (TPSA) is 92.9 Å². The first kappa shape index (κ1) is 11.1. The minimum Gasteiger partial charge on any atom is -0.368 e. The van der Waals surface area contributed by atoms with Gasteiger partial charge < -0.3 is 16.4 Å². The van der Waals surface area contributed by atoms with E-state index in [4.69, 9.17) is 5.73 Å². The summed E-state index contributed by atoms with van der Waals surface area (Å²) in [7, 11) is 0. The zero-order valence-corrected chi connectivity index (χ0v) is 10.1. The van der Waals surface area contributed by atoms with Crippen molar-refractivity contribution < 1.29 is 4.79 Å². The van der Waals surface area contributed by atoms with Crippen LogP contribution in [0, 0.1) is 0 Å². The van der Waals surface area contributed by atoms with Gasteiger partial charge >= 0.3 is 0 Å². The second-order valence-electron chi connectivity index (χ2n) is 3.61. The number of amides is 1. The fourth-order valence-electron chi connectivity index (χ4n) is 1.53. The highest BCUT2D eigenvalue weighted by atomic mass is 79.9. The summed E-state index contributed by atoms with van der Waals surface area (Å²) in [5.41, 5.74) is 5.50. The Morgan fingerprint density at radius 3 is 3.12 bits per heavy atom. The van der Waals surface area contributed by atoms with Crippen LogP contribution in [0.3, 0.4) is 0 Å². The van der Waals surface area contributed by atoms with E-state index in [0.29, 0.717) is 18.8 Å². The summed E-state index contributed by atoms with van der Waals surface area (Å²) in [5.74, 6) is 0.985. The molecule has 6 nitrogen and oxygen atoms in total. The lowest BCUT2D eigenvalue weighted by Crippen LogP contribution is -2.42. The Morgan fingerprint density at radius 1 is 1.62 bits per heavy atom. The van der Waals surface area contributed by atoms with Crippen molar-refractivity contribution in [2.45, 2.75) is 18.9 Å². The summed E-state index contributed by atoms with van der Waals surface area (Å²) < 4.78 is 0.763. The molecule has 7 heteroatoms. The standard InChI is InChI=1S/C9H12BrN5O/c10-6-4-13-9(11)15-8(6)14-5-1-2-7(16)12-3-5/h4-5H,1-3H2,(H,12,16)(H3,11,13,14,15). The Bertz CT molecular complexity index is 401. The third-order valence-corrected chi connectivity index (χ3v) is 2.95. The summed E-state index contributed by atoms with van der Waals surface area (Å²) in [6.45, 7) is 0.606. The highest BCUT2D eigenvalue weighted by molar-refractivity contribution is 9.10. The quantitative estimate of drug-likeness (QED) is 0.736. The van der Waals surface area contributed by atoms with Gasteiger partial charge in [0.1, 0.15) is 5.82 Å². The molecule has 1 aliphatic rings. The first-order valence-electron chi connectivity index (χ1n) is 4.96. The molecule has 0 aromatic carbocycles. The molecule has 1 aliphatic heterocycles. The Kier molecular flexibility index (Phi) is 3.23. The highest BCUT2D eigenvalue weighted by Gasteiger charge is 2.18. The van der Waals surface area contributed by atoms with Crippen molar-refractivity contribution in [2.24, 2.45) is 0 Å². The number of rotatable bonds is 2. The maximum Gasteiger partial charge on any atom is 0.221 e. The lowest BCUT2D eigenvalue weighted by atomic mass is 10.1. The minimum absolute atomic E-state index is 0.0966. The molecule has 16 heavy (non-hydrogen) atoms. The molecule has 1 amide bonds. The van der Waals surface area contributed by atoms with E-state index in [2.05, 4.69) is 36.5 Å². The molecule has 2 heterocycles. The number of nitrogen functional groups attached to an aromatic ring is 1. The van der Waals surface area contributed by atoms with Crippen LogP contribution in [0.4, 0.5) is 11.8 Å². The molecule has 0 saturated carbocycles. The third kappa shape index (κ3) is 2.60. The summed E-state index contributed by atoms with van der Waals surface area (Å²) in [5, 5.41) is 6.01. The number of piperidine rings is 1. The first-order chi connectivity index (χ1) is 7.65. The van der Waals surface area contributed by atoms with E-state index in [-0.39, 0.29) is 17.9 Å². The minimum atomic E-state index is 0.0966. The van der Waals surface area contributed by atoms with Gasteiger partial charge in [0, 0.05) is 25.2 Å². The maximum atomic E-state index is 11.0. The maximum absolute atomic E-state index is 11.0. The normalized spacial score (nSPS) is 20.3. The van der Waals surface area contributed by atoms with E-state index < -0.39 is 0 Å². The summed E-state index contributed by atoms with van der Waals surface area (Å²) >= 11 is 3.34. The molecule has 86 valence electrons. The third-order valence-electron chi connectivity index (χ3n) is 2.37. The molecule has 1 aromatic heterocycles. The Morgan fingerprint density at radius 2 is 2.44 bits per heavy atom. The smallest absolute Gasteiger partial charge is 0.221 e. The molecular formula is C9H12BrN5O. The van der Waals surface area contributed by atoms with Crippen LogP contribution in [-0.2, 0) is 4.79 Å². The van der Waals surface area contributed by atoms with Gasteiger partial charge in [-0.15, -0.1) is 0 Å². The van der Waals surface area contributed by atoms with Crippen LogP contribution in [-0.4, -0.2) is 28.5 Å². The number of hydrogen-bond donors (Lipinski definition) is 3. The van der Waals surface area contributed by atoms with Gasteiger partial charge in [-0.1, -0.05) is 0 Å². The van der Waals surface area contributed by atoms with Crippen molar-refractivity contribution in [2.75, 3.05) is 17.6 Å². The van der Waals surface area contributed by atoms with Gasteiger partial charge in [0.15, 0.2) is 0 Å².